The summed E-state index contributed by atoms with van der Waals surface area (Å²) >= 11 is 1.27. The van der Waals surface area contributed by atoms with Crippen LogP contribution in [-0.2, 0) is 6.18 Å². The second-order valence-corrected chi connectivity index (χ2v) is 7.30. The van der Waals surface area contributed by atoms with Crippen molar-refractivity contribution in [1.29, 1.82) is 0 Å². The molecule has 0 amide bonds. The van der Waals surface area contributed by atoms with E-state index in [9.17, 15) is 28.5 Å². The molecule has 1 aromatic heterocycles. The zero-order valence-corrected chi connectivity index (χ0v) is 15.7. The minimum Gasteiger partial charge on any atom is -0.508 e. The van der Waals surface area contributed by atoms with Crippen molar-refractivity contribution in [3.8, 4) is 27.8 Å². The standard InChI is InChI=1S/C20H12F3N3O3S/c21-20(22,23)14-8-11(27)2-5-15(14)26-25-10-1-4-13(17(29)7-10)19-24-16-6-3-12(28)9-18(16)30-19/h1-9,27-29H. The summed E-state index contributed by atoms with van der Waals surface area (Å²) in [6.07, 6.45) is -4.71. The molecule has 10 heteroatoms. The quantitative estimate of drug-likeness (QED) is 0.322. The molecule has 0 saturated carbocycles. The molecule has 0 unspecified atom stereocenters. The second kappa shape index (κ2) is 7.30. The van der Waals surface area contributed by atoms with Gasteiger partial charge in [-0.1, -0.05) is 0 Å². The van der Waals surface area contributed by atoms with Gasteiger partial charge in [0, 0.05) is 6.07 Å². The van der Waals surface area contributed by atoms with Gasteiger partial charge in [0.05, 0.1) is 32.7 Å². The lowest BCUT2D eigenvalue weighted by atomic mass is 10.1. The number of nitrogens with zero attached hydrogens (tertiary/aromatic N) is 3. The van der Waals surface area contributed by atoms with Crippen molar-refractivity contribution in [3.05, 3.63) is 60.2 Å². The predicted molar refractivity (Wildman–Crippen MR) is 106 cm³/mol. The molecule has 0 aliphatic rings. The molecule has 0 radical (unpaired) electrons. The monoisotopic (exact) mass is 431 g/mol. The summed E-state index contributed by atoms with van der Waals surface area (Å²) in [4.78, 5) is 4.40. The van der Waals surface area contributed by atoms with Crippen molar-refractivity contribution < 1.29 is 28.5 Å². The average molecular weight is 431 g/mol. The maximum atomic E-state index is 13.1. The highest BCUT2D eigenvalue weighted by molar-refractivity contribution is 7.21. The first-order chi connectivity index (χ1) is 14.2. The van der Waals surface area contributed by atoms with E-state index in [0.717, 1.165) is 16.8 Å². The molecule has 0 fully saturated rings. The Kier molecular flexibility index (Phi) is 4.78. The number of fused-ring (bicyclic) bond motifs is 1. The van der Waals surface area contributed by atoms with Crippen LogP contribution >= 0.6 is 11.3 Å². The summed E-state index contributed by atoms with van der Waals surface area (Å²) in [7, 11) is 0. The minimum atomic E-state index is -4.71. The highest BCUT2D eigenvalue weighted by Crippen LogP contribution is 2.40. The smallest absolute Gasteiger partial charge is 0.418 e. The van der Waals surface area contributed by atoms with Crippen molar-refractivity contribution >= 4 is 32.9 Å². The fraction of sp³-hybridized carbons (Fsp3) is 0.0500. The van der Waals surface area contributed by atoms with Gasteiger partial charge in [0.2, 0.25) is 0 Å². The third-order valence-electron chi connectivity index (χ3n) is 4.14. The van der Waals surface area contributed by atoms with Gasteiger partial charge >= 0.3 is 6.18 Å². The van der Waals surface area contributed by atoms with E-state index in [0.29, 0.717) is 22.2 Å². The first-order valence-electron chi connectivity index (χ1n) is 8.45. The Morgan fingerprint density at radius 3 is 2.30 bits per heavy atom. The number of azo groups is 1. The van der Waals surface area contributed by atoms with E-state index in [1.54, 1.807) is 12.1 Å². The van der Waals surface area contributed by atoms with Crippen LogP contribution in [0.4, 0.5) is 24.5 Å². The lowest BCUT2D eigenvalue weighted by Crippen LogP contribution is -2.04. The molecule has 0 aliphatic carbocycles. The molecule has 6 nitrogen and oxygen atoms in total. The Hall–Kier alpha value is -3.66. The van der Waals surface area contributed by atoms with Gasteiger partial charge in [-0.05, 0) is 48.5 Å². The van der Waals surface area contributed by atoms with Gasteiger partial charge in [-0.15, -0.1) is 16.5 Å². The van der Waals surface area contributed by atoms with Crippen LogP contribution in [0.15, 0.2) is 64.8 Å². The minimum absolute atomic E-state index is 0.102. The van der Waals surface area contributed by atoms with E-state index < -0.39 is 23.2 Å². The number of benzene rings is 3. The van der Waals surface area contributed by atoms with Crippen molar-refractivity contribution in [3.63, 3.8) is 0 Å². The second-order valence-electron chi connectivity index (χ2n) is 6.27. The summed E-state index contributed by atoms with van der Waals surface area (Å²) in [5.41, 5.74) is -0.380. The Labute approximate surface area is 171 Å². The number of hydrogen-bond donors (Lipinski definition) is 3. The van der Waals surface area contributed by atoms with E-state index in [1.165, 1.54) is 35.6 Å². The highest BCUT2D eigenvalue weighted by Gasteiger charge is 2.34. The number of alkyl halides is 3. The summed E-state index contributed by atoms with van der Waals surface area (Å²) in [5, 5.41) is 37.1. The normalized spacial score (nSPS) is 12.1. The summed E-state index contributed by atoms with van der Waals surface area (Å²) in [6, 6.07) is 11.6. The lowest BCUT2D eigenvalue weighted by molar-refractivity contribution is -0.137. The molecule has 0 aliphatic heterocycles. The van der Waals surface area contributed by atoms with Gasteiger partial charge in [0.25, 0.3) is 0 Å². The van der Waals surface area contributed by atoms with Gasteiger partial charge in [0.1, 0.15) is 22.3 Å². The van der Waals surface area contributed by atoms with Crippen molar-refractivity contribution in [1.82, 2.24) is 4.98 Å². The third kappa shape index (κ3) is 3.90. The number of thiazole rings is 1. The van der Waals surface area contributed by atoms with Crippen LogP contribution < -0.4 is 0 Å². The molecular weight excluding hydrogens is 419 g/mol. The van der Waals surface area contributed by atoms with Gasteiger partial charge in [-0.2, -0.15) is 18.3 Å². The van der Waals surface area contributed by atoms with Crippen LogP contribution in [0.3, 0.4) is 0 Å². The number of aromatic hydroxyl groups is 3. The number of halogens is 3. The first-order valence-corrected chi connectivity index (χ1v) is 9.27. The first kappa shape index (κ1) is 19.6. The zero-order chi connectivity index (χ0) is 21.5. The maximum Gasteiger partial charge on any atom is 0.418 e. The predicted octanol–water partition coefficient (Wildman–Crippen LogP) is 6.51. The number of hydrogen-bond acceptors (Lipinski definition) is 7. The van der Waals surface area contributed by atoms with E-state index in [4.69, 9.17) is 0 Å². The summed E-state index contributed by atoms with van der Waals surface area (Å²) < 4.78 is 40.0. The molecule has 152 valence electrons. The number of phenols is 3. The lowest BCUT2D eigenvalue weighted by Gasteiger charge is -2.09. The summed E-state index contributed by atoms with van der Waals surface area (Å²) in [5.74, 6) is -0.603. The Morgan fingerprint density at radius 2 is 1.57 bits per heavy atom. The van der Waals surface area contributed by atoms with Crippen molar-refractivity contribution in [2.75, 3.05) is 0 Å². The molecule has 0 atom stereocenters. The van der Waals surface area contributed by atoms with E-state index in [2.05, 4.69) is 15.2 Å². The van der Waals surface area contributed by atoms with Gasteiger partial charge in [0.15, 0.2) is 0 Å². The van der Waals surface area contributed by atoms with Crippen molar-refractivity contribution in [2.45, 2.75) is 6.18 Å². The molecule has 4 aromatic rings. The van der Waals surface area contributed by atoms with Crippen LogP contribution in [-0.4, -0.2) is 20.3 Å². The van der Waals surface area contributed by atoms with E-state index >= 15 is 0 Å². The fourth-order valence-corrected chi connectivity index (χ4v) is 3.77. The van der Waals surface area contributed by atoms with E-state index in [1.807, 2.05) is 0 Å². The topological polar surface area (TPSA) is 98.3 Å². The van der Waals surface area contributed by atoms with Crippen LogP contribution in [0, 0.1) is 0 Å². The van der Waals surface area contributed by atoms with Crippen LogP contribution in [0.25, 0.3) is 20.8 Å². The van der Waals surface area contributed by atoms with Crippen LogP contribution in [0.5, 0.6) is 17.2 Å². The molecule has 30 heavy (non-hydrogen) atoms. The Bertz CT molecular complexity index is 1290. The van der Waals surface area contributed by atoms with Gasteiger partial charge in [-0.3, -0.25) is 0 Å². The SMILES string of the molecule is Oc1ccc(N=Nc2ccc(-c3nc4ccc(O)cc4s3)c(O)c2)c(C(F)(F)F)c1. The Morgan fingerprint density at radius 1 is 0.833 bits per heavy atom. The highest BCUT2D eigenvalue weighted by atomic mass is 32.1. The van der Waals surface area contributed by atoms with Crippen LogP contribution in [0.2, 0.25) is 0 Å². The van der Waals surface area contributed by atoms with Gasteiger partial charge < -0.3 is 15.3 Å². The number of rotatable bonds is 3. The largest absolute Gasteiger partial charge is 0.508 e. The molecule has 3 N–H and O–H groups in total. The number of phenolic OH excluding ortho intramolecular Hbond substituents is 3. The number of aromatic nitrogens is 1. The Balaban J connectivity index is 1.65. The molecule has 0 saturated heterocycles. The fourth-order valence-electron chi connectivity index (χ4n) is 2.74. The average Bonchev–Trinajstić information content (AvgIpc) is 3.09. The maximum absolute atomic E-state index is 13.1. The zero-order valence-electron chi connectivity index (χ0n) is 14.9. The molecule has 4 rings (SSSR count). The molecule has 0 bridgehead atoms. The van der Waals surface area contributed by atoms with Gasteiger partial charge in [-0.25, -0.2) is 4.98 Å². The third-order valence-corrected chi connectivity index (χ3v) is 5.19. The summed E-state index contributed by atoms with van der Waals surface area (Å²) in [6.45, 7) is 0. The van der Waals surface area contributed by atoms with Crippen LogP contribution in [0.1, 0.15) is 5.56 Å². The molecule has 3 aromatic carbocycles. The molecule has 0 spiro atoms. The van der Waals surface area contributed by atoms with E-state index in [-0.39, 0.29) is 17.2 Å². The molecular formula is C20H12F3N3O3S. The van der Waals surface area contributed by atoms with Crippen molar-refractivity contribution in [2.24, 2.45) is 10.2 Å². The molecule has 1 heterocycles.